The molecule has 0 amide bonds. The third kappa shape index (κ3) is 2.89. The average molecular weight is 365 g/mol. The van der Waals surface area contributed by atoms with E-state index in [9.17, 15) is 0 Å². The van der Waals surface area contributed by atoms with Gasteiger partial charge in [0.2, 0.25) is 0 Å². The zero-order valence-electron chi connectivity index (χ0n) is 14.2. The van der Waals surface area contributed by atoms with Crippen molar-refractivity contribution in [1.82, 2.24) is 15.0 Å². The van der Waals surface area contributed by atoms with Gasteiger partial charge in [-0.05, 0) is 31.9 Å². The Morgan fingerprint density at radius 1 is 1.17 bits per heavy atom. The minimum atomic E-state index is 0.419. The lowest BCUT2D eigenvalue weighted by atomic mass is 10.0. The molecule has 1 aliphatic heterocycles. The fourth-order valence-electron chi connectivity index (χ4n) is 3.24. The van der Waals surface area contributed by atoms with Crippen LogP contribution in [0.5, 0.6) is 0 Å². The molecule has 0 spiro atoms. The lowest BCUT2D eigenvalue weighted by Crippen LogP contribution is -2.48. The molecule has 0 saturated heterocycles. The number of rotatable bonds is 5. The number of imidazole rings is 1. The predicted molar refractivity (Wildman–Crippen MR) is 101 cm³/mol. The van der Waals surface area contributed by atoms with Crippen LogP contribution >= 0.6 is 23.2 Å². The standard InChI is InChI=1S/C18H22Cl2N4/c1-4-13(5-2)24-18-17(21-11-22-18)15(10-23(24)6-3)14-8-7-12(19)9-16(14)20/h7-11,13H,4-6H2,1-3H3,(H,21,22). The number of nitrogens with one attached hydrogen (secondary N) is 1. The molecule has 0 bridgehead atoms. The number of hydrogen-bond donors (Lipinski definition) is 1. The van der Waals surface area contributed by atoms with Crippen LogP contribution in [0.15, 0.2) is 30.7 Å². The fraction of sp³-hybridized carbons (Fsp3) is 0.389. The predicted octanol–water partition coefficient (Wildman–Crippen LogP) is 5.35. The van der Waals surface area contributed by atoms with Gasteiger partial charge in [-0.2, -0.15) is 0 Å². The van der Waals surface area contributed by atoms with Gasteiger partial charge in [0.1, 0.15) is 5.69 Å². The van der Waals surface area contributed by atoms with Gasteiger partial charge in [0.05, 0.1) is 17.4 Å². The number of H-pyrrole nitrogens is 1. The molecule has 0 radical (unpaired) electrons. The summed E-state index contributed by atoms with van der Waals surface area (Å²) >= 11 is 12.5. The molecule has 1 aromatic carbocycles. The second kappa shape index (κ2) is 7.08. The van der Waals surface area contributed by atoms with Gasteiger partial charge in [-0.1, -0.05) is 43.1 Å². The third-order valence-corrected chi connectivity index (χ3v) is 5.04. The summed E-state index contributed by atoms with van der Waals surface area (Å²) in [5, 5.41) is 5.82. The Balaban J connectivity index is 2.13. The van der Waals surface area contributed by atoms with E-state index in [2.05, 4.69) is 47.0 Å². The van der Waals surface area contributed by atoms with E-state index in [1.807, 2.05) is 12.1 Å². The molecule has 1 aromatic heterocycles. The molecule has 0 saturated carbocycles. The van der Waals surface area contributed by atoms with Gasteiger partial charge in [-0.25, -0.2) is 4.98 Å². The zero-order chi connectivity index (χ0) is 17.3. The van der Waals surface area contributed by atoms with Crippen molar-refractivity contribution in [3.05, 3.63) is 52.0 Å². The molecule has 2 heterocycles. The second-order valence-electron chi connectivity index (χ2n) is 5.84. The van der Waals surface area contributed by atoms with Crippen molar-refractivity contribution in [2.75, 3.05) is 11.6 Å². The highest BCUT2D eigenvalue weighted by Gasteiger charge is 2.31. The summed E-state index contributed by atoms with van der Waals surface area (Å²) in [6.45, 7) is 7.44. The van der Waals surface area contributed by atoms with E-state index < -0.39 is 0 Å². The van der Waals surface area contributed by atoms with Crippen molar-refractivity contribution >= 4 is 34.6 Å². The monoisotopic (exact) mass is 364 g/mol. The average Bonchev–Trinajstić information content (AvgIpc) is 3.06. The van der Waals surface area contributed by atoms with E-state index in [1.165, 1.54) is 0 Å². The lowest BCUT2D eigenvalue weighted by Gasteiger charge is -2.43. The highest BCUT2D eigenvalue weighted by atomic mass is 35.5. The normalized spacial score (nSPS) is 14.2. The van der Waals surface area contributed by atoms with E-state index >= 15 is 0 Å². The van der Waals surface area contributed by atoms with Crippen molar-refractivity contribution in [3.8, 4) is 0 Å². The molecule has 128 valence electrons. The molecule has 4 nitrogen and oxygen atoms in total. The summed E-state index contributed by atoms with van der Waals surface area (Å²) < 4.78 is 0. The topological polar surface area (TPSA) is 35.2 Å². The number of aromatic amines is 1. The van der Waals surface area contributed by atoms with Gasteiger partial charge in [-0.15, -0.1) is 0 Å². The van der Waals surface area contributed by atoms with Crippen LogP contribution in [0.3, 0.4) is 0 Å². The summed E-state index contributed by atoms with van der Waals surface area (Å²) in [6.07, 6.45) is 6.01. The highest BCUT2D eigenvalue weighted by Crippen LogP contribution is 2.39. The highest BCUT2D eigenvalue weighted by molar-refractivity contribution is 6.35. The summed E-state index contributed by atoms with van der Waals surface area (Å²) in [6, 6.07) is 6.01. The Morgan fingerprint density at radius 3 is 2.54 bits per heavy atom. The van der Waals surface area contributed by atoms with E-state index in [1.54, 1.807) is 12.4 Å². The Hall–Kier alpha value is -1.65. The summed E-state index contributed by atoms with van der Waals surface area (Å²) in [7, 11) is 0. The number of benzene rings is 1. The lowest BCUT2D eigenvalue weighted by molar-refractivity contribution is 0.301. The van der Waals surface area contributed by atoms with Crippen LogP contribution in [-0.4, -0.2) is 27.6 Å². The van der Waals surface area contributed by atoms with Gasteiger partial charge in [0.15, 0.2) is 5.82 Å². The fourth-order valence-corrected chi connectivity index (χ4v) is 3.75. The number of halogens is 2. The van der Waals surface area contributed by atoms with Crippen LogP contribution in [0.1, 0.15) is 44.9 Å². The van der Waals surface area contributed by atoms with Gasteiger partial charge in [0, 0.05) is 28.9 Å². The quantitative estimate of drug-likeness (QED) is 0.776. The molecule has 0 fully saturated rings. The molecule has 0 atom stereocenters. The van der Waals surface area contributed by atoms with Crippen molar-refractivity contribution < 1.29 is 0 Å². The van der Waals surface area contributed by atoms with Gasteiger partial charge < -0.3 is 4.98 Å². The van der Waals surface area contributed by atoms with Gasteiger partial charge >= 0.3 is 0 Å². The maximum absolute atomic E-state index is 6.45. The van der Waals surface area contributed by atoms with E-state index in [0.29, 0.717) is 16.1 Å². The zero-order valence-corrected chi connectivity index (χ0v) is 15.7. The van der Waals surface area contributed by atoms with Crippen LogP contribution in [0.25, 0.3) is 5.57 Å². The molecular weight excluding hydrogens is 343 g/mol. The maximum Gasteiger partial charge on any atom is 0.153 e. The number of hydrazine groups is 1. The number of fused-ring (bicyclic) bond motifs is 1. The van der Waals surface area contributed by atoms with Crippen molar-refractivity contribution in [2.45, 2.75) is 39.7 Å². The number of nitrogens with zero attached hydrogens (tertiary/aromatic N) is 3. The molecule has 1 aliphatic rings. The Morgan fingerprint density at radius 2 is 1.92 bits per heavy atom. The van der Waals surface area contributed by atoms with E-state index in [4.69, 9.17) is 23.2 Å². The SMILES string of the molecule is CCC(CC)N1c2[nH]cnc2C(c2ccc(Cl)cc2Cl)=CN1CC. The van der Waals surface area contributed by atoms with Crippen LogP contribution in [0.4, 0.5) is 5.82 Å². The molecular formula is C18H22Cl2N4. The molecule has 3 rings (SSSR count). The minimum absolute atomic E-state index is 0.419. The Kier molecular flexibility index (Phi) is 5.07. The summed E-state index contributed by atoms with van der Waals surface area (Å²) in [5.41, 5.74) is 2.88. The Bertz CT molecular complexity index is 749. The van der Waals surface area contributed by atoms with Crippen LogP contribution < -0.4 is 5.01 Å². The van der Waals surface area contributed by atoms with Crippen molar-refractivity contribution in [2.24, 2.45) is 0 Å². The minimum Gasteiger partial charge on any atom is -0.330 e. The largest absolute Gasteiger partial charge is 0.330 e. The first-order valence-corrected chi connectivity index (χ1v) is 9.13. The van der Waals surface area contributed by atoms with Gasteiger partial charge in [-0.3, -0.25) is 10.0 Å². The molecule has 6 heteroatoms. The van der Waals surface area contributed by atoms with Crippen LogP contribution in [0, 0.1) is 0 Å². The summed E-state index contributed by atoms with van der Waals surface area (Å²) in [4.78, 5) is 7.88. The molecule has 1 N–H and O–H groups in total. The van der Waals surface area contributed by atoms with E-state index in [-0.39, 0.29) is 0 Å². The van der Waals surface area contributed by atoms with Crippen molar-refractivity contribution in [3.63, 3.8) is 0 Å². The number of hydrogen-bond acceptors (Lipinski definition) is 3. The third-order valence-electron chi connectivity index (χ3n) is 4.49. The second-order valence-corrected chi connectivity index (χ2v) is 6.68. The Labute approximate surface area is 153 Å². The summed E-state index contributed by atoms with van der Waals surface area (Å²) in [5.74, 6) is 1.02. The van der Waals surface area contributed by atoms with Gasteiger partial charge in [0.25, 0.3) is 0 Å². The van der Waals surface area contributed by atoms with Crippen LogP contribution in [0.2, 0.25) is 10.0 Å². The first-order valence-electron chi connectivity index (χ1n) is 8.37. The molecule has 2 aromatic rings. The van der Waals surface area contributed by atoms with Crippen molar-refractivity contribution in [1.29, 1.82) is 0 Å². The number of anilines is 1. The molecule has 0 aliphatic carbocycles. The van der Waals surface area contributed by atoms with Crippen LogP contribution in [-0.2, 0) is 0 Å². The molecule has 24 heavy (non-hydrogen) atoms. The first-order chi connectivity index (χ1) is 11.6. The molecule has 0 unspecified atom stereocenters. The van der Waals surface area contributed by atoms with E-state index in [0.717, 1.165) is 42.0 Å². The maximum atomic E-state index is 6.45. The number of aromatic nitrogens is 2. The smallest absolute Gasteiger partial charge is 0.153 e. The first kappa shape index (κ1) is 17.2.